The Morgan fingerprint density at radius 1 is 1.15 bits per heavy atom. The molecule has 0 radical (unpaired) electrons. The van der Waals surface area contributed by atoms with Crippen LogP contribution in [-0.4, -0.2) is 58.3 Å². The summed E-state index contributed by atoms with van der Waals surface area (Å²) < 4.78 is 5.27. The van der Waals surface area contributed by atoms with Crippen LogP contribution in [0.15, 0.2) is 18.2 Å². The van der Waals surface area contributed by atoms with Gasteiger partial charge in [0.2, 0.25) is 11.8 Å². The number of alkyl carbamates (subject to hydrolysis) is 1. The lowest BCUT2D eigenvalue weighted by atomic mass is 9.96. The van der Waals surface area contributed by atoms with E-state index < -0.39 is 47.5 Å². The van der Waals surface area contributed by atoms with Crippen molar-refractivity contribution in [2.24, 2.45) is 11.7 Å². The van der Waals surface area contributed by atoms with Gasteiger partial charge < -0.3 is 36.6 Å². The number of aromatic hydroxyl groups is 1. The number of benzene rings is 1. The molecule has 7 N–H and O–H groups in total. The molecule has 0 bridgehead atoms. The molecule has 0 aliphatic heterocycles. The second-order valence-corrected chi connectivity index (χ2v) is 8.93. The van der Waals surface area contributed by atoms with Gasteiger partial charge in [0, 0.05) is 6.04 Å². The van der Waals surface area contributed by atoms with E-state index in [2.05, 4.69) is 16.0 Å². The van der Waals surface area contributed by atoms with Crippen LogP contribution in [0.3, 0.4) is 0 Å². The van der Waals surface area contributed by atoms with Gasteiger partial charge >= 0.3 is 12.1 Å². The molecule has 184 valence electrons. The lowest BCUT2D eigenvalue weighted by Gasteiger charge is -2.25. The minimum Gasteiger partial charge on any atom is -0.506 e. The van der Waals surface area contributed by atoms with Crippen LogP contribution >= 0.6 is 0 Å². The maximum Gasteiger partial charge on any atom is 0.407 e. The molecule has 3 amide bonds. The Morgan fingerprint density at radius 2 is 1.79 bits per heavy atom. The maximum absolute atomic E-state index is 12.2. The monoisotopic (exact) mass is 466 g/mol. The van der Waals surface area contributed by atoms with E-state index >= 15 is 0 Å². The van der Waals surface area contributed by atoms with Gasteiger partial charge in [-0.1, -0.05) is 13.0 Å². The van der Waals surface area contributed by atoms with Gasteiger partial charge in [-0.2, -0.15) is 0 Å². The van der Waals surface area contributed by atoms with Gasteiger partial charge in [0.25, 0.3) is 0 Å². The summed E-state index contributed by atoms with van der Waals surface area (Å²) in [6.45, 7) is 7.83. The number of nitrogens with one attached hydrogen (secondary N) is 3. The third-order valence-electron chi connectivity index (χ3n) is 4.43. The number of carboxylic acid groups (broad SMARTS) is 1. The molecule has 3 atom stereocenters. The molecular formula is C22H34N4O7. The van der Waals surface area contributed by atoms with Gasteiger partial charge in [-0.25, -0.2) is 4.79 Å². The van der Waals surface area contributed by atoms with E-state index in [0.29, 0.717) is 5.56 Å². The molecule has 1 aromatic rings. The Bertz CT molecular complexity index is 865. The highest BCUT2D eigenvalue weighted by molar-refractivity contribution is 5.96. The van der Waals surface area contributed by atoms with E-state index in [1.54, 1.807) is 26.8 Å². The summed E-state index contributed by atoms with van der Waals surface area (Å²) in [4.78, 5) is 47.2. The molecule has 3 unspecified atom stereocenters. The van der Waals surface area contributed by atoms with Crippen LogP contribution in [0, 0.1) is 5.92 Å². The fraction of sp³-hybridized carbons (Fsp3) is 0.545. The fourth-order valence-electron chi connectivity index (χ4n) is 2.81. The van der Waals surface area contributed by atoms with Gasteiger partial charge in [-0.15, -0.1) is 0 Å². The zero-order chi connectivity index (χ0) is 25.3. The predicted molar refractivity (Wildman–Crippen MR) is 122 cm³/mol. The number of nitrogens with two attached hydrogens (primary N) is 1. The molecule has 33 heavy (non-hydrogen) atoms. The quantitative estimate of drug-likeness (QED) is 0.279. The number of aliphatic carboxylic acids is 1. The molecular weight excluding hydrogens is 432 g/mol. The summed E-state index contributed by atoms with van der Waals surface area (Å²) in [6, 6.07) is 3.13. The van der Waals surface area contributed by atoms with Gasteiger partial charge in [-0.3, -0.25) is 14.4 Å². The molecule has 0 aliphatic rings. The third kappa shape index (κ3) is 10.7. The predicted octanol–water partition coefficient (Wildman–Crippen LogP) is 1.34. The first-order chi connectivity index (χ1) is 15.2. The van der Waals surface area contributed by atoms with Crippen LogP contribution < -0.4 is 21.7 Å². The molecule has 0 fully saturated rings. The van der Waals surface area contributed by atoms with Gasteiger partial charge in [-0.05, 0) is 58.2 Å². The summed E-state index contributed by atoms with van der Waals surface area (Å²) in [5.41, 5.74) is 5.44. The number of carbonyl (C=O) groups is 4. The first-order valence-corrected chi connectivity index (χ1v) is 10.5. The number of amides is 3. The Morgan fingerprint density at radius 3 is 2.33 bits per heavy atom. The summed E-state index contributed by atoms with van der Waals surface area (Å²) in [5, 5.41) is 26.9. The minimum atomic E-state index is -1.00. The zero-order valence-electron chi connectivity index (χ0n) is 19.6. The molecule has 11 nitrogen and oxygen atoms in total. The van der Waals surface area contributed by atoms with Crippen LogP contribution in [0.2, 0.25) is 0 Å². The van der Waals surface area contributed by atoms with Crippen LogP contribution in [0.5, 0.6) is 5.75 Å². The molecule has 0 saturated heterocycles. The number of anilines is 1. The van der Waals surface area contributed by atoms with Crippen molar-refractivity contribution in [3.63, 3.8) is 0 Å². The number of carboxylic acids is 1. The van der Waals surface area contributed by atoms with Crippen molar-refractivity contribution in [2.75, 3.05) is 11.9 Å². The number of carbonyl (C=O) groups excluding carboxylic acids is 3. The van der Waals surface area contributed by atoms with Gasteiger partial charge in [0.1, 0.15) is 11.4 Å². The van der Waals surface area contributed by atoms with Crippen molar-refractivity contribution in [3.8, 4) is 5.75 Å². The van der Waals surface area contributed by atoms with Crippen LogP contribution in [0.4, 0.5) is 10.5 Å². The molecule has 0 aromatic heterocycles. The van der Waals surface area contributed by atoms with Crippen molar-refractivity contribution in [1.82, 2.24) is 10.6 Å². The summed E-state index contributed by atoms with van der Waals surface area (Å²) in [7, 11) is 0. The molecule has 0 aliphatic carbocycles. The summed E-state index contributed by atoms with van der Waals surface area (Å²) >= 11 is 0. The van der Waals surface area contributed by atoms with Crippen molar-refractivity contribution in [3.05, 3.63) is 23.8 Å². The Hall–Kier alpha value is -3.34. The van der Waals surface area contributed by atoms with Crippen molar-refractivity contribution >= 4 is 29.6 Å². The largest absolute Gasteiger partial charge is 0.506 e. The highest BCUT2D eigenvalue weighted by Crippen LogP contribution is 2.25. The average Bonchev–Trinajstić information content (AvgIpc) is 2.66. The summed E-state index contributed by atoms with van der Waals surface area (Å²) in [6.07, 6.45) is -0.315. The molecule has 11 heteroatoms. The minimum absolute atomic E-state index is 0.106. The van der Waals surface area contributed by atoms with E-state index in [4.69, 9.17) is 10.5 Å². The zero-order valence-corrected chi connectivity index (χ0v) is 19.6. The summed E-state index contributed by atoms with van der Waals surface area (Å²) in [5.74, 6) is -2.99. The third-order valence-corrected chi connectivity index (χ3v) is 4.43. The highest BCUT2D eigenvalue weighted by Gasteiger charge is 2.24. The fourth-order valence-corrected chi connectivity index (χ4v) is 2.81. The lowest BCUT2D eigenvalue weighted by Crippen LogP contribution is -2.42. The van der Waals surface area contributed by atoms with Gasteiger partial charge in [0.15, 0.2) is 0 Å². The second-order valence-electron chi connectivity index (χ2n) is 8.93. The number of rotatable bonds is 10. The molecule has 0 spiro atoms. The number of ether oxygens (including phenoxy) is 1. The average molecular weight is 467 g/mol. The SMILES string of the molecule is CC(N)C(=O)NCC(=O)Nc1cc(CC(CC(C)C(=O)O)NC(=O)OC(C)(C)C)ccc1O. The molecule has 0 heterocycles. The topological polar surface area (TPSA) is 180 Å². The van der Waals surface area contributed by atoms with Crippen LogP contribution in [-0.2, 0) is 25.5 Å². The normalized spacial score (nSPS) is 13.9. The Balaban J connectivity index is 2.94. The second kappa shape index (κ2) is 12.0. The molecule has 1 aromatic carbocycles. The smallest absolute Gasteiger partial charge is 0.407 e. The number of hydrogen-bond donors (Lipinski definition) is 6. The Kier molecular flexibility index (Phi) is 10.1. The van der Waals surface area contributed by atoms with E-state index in [1.165, 1.54) is 26.0 Å². The number of hydrogen-bond acceptors (Lipinski definition) is 7. The maximum atomic E-state index is 12.2. The molecule has 0 saturated carbocycles. The standard InChI is InChI=1S/C22H34N4O7/c1-12(20(30)31)8-15(25-21(32)33-22(3,4)5)9-14-6-7-17(27)16(10-14)26-18(28)11-24-19(29)13(2)23/h6-7,10,12-13,15,27H,8-9,11,23H2,1-5H3,(H,24,29)(H,25,32)(H,26,28)(H,30,31). The highest BCUT2D eigenvalue weighted by atomic mass is 16.6. The number of phenolic OH excluding ortho intramolecular Hbond substituents is 1. The van der Waals surface area contributed by atoms with Crippen LogP contribution in [0.25, 0.3) is 0 Å². The van der Waals surface area contributed by atoms with Crippen LogP contribution in [0.1, 0.15) is 46.6 Å². The van der Waals surface area contributed by atoms with Crippen molar-refractivity contribution < 1.29 is 34.1 Å². The van der Waals surface area contributed by atoms with Crippen molar-refractivity contribution in [2.45, 2.75) is 65.1 Å². The van der Waals surface area contributed by atoms with E-state index in [0.717, 1.165) is 0 Å². The van der Waals surface area contributed by atoms with Crippen molar-refractivity contribution in [1.29, 1.82) is 0 Å². The Labute approximate surface area is 193 Å². The first-order valence-electron chi connectivity index (χ1n) is 10.5. The first kappa shape index (κ1) is 27.7. The van der Waals surface area contributed by atoms with Gasteiger partial charge in [0.05, 0.1) is 24.2 Å². The van der Waals surface area contributed by atoms with E-state index in [9.17, 15) is 29.4 Å². The molecule has 1 rings (SSSR count). The lowest BCUT2D eigenvalue weighted by molar-refractivity contribution is -0.141. The number of phenols is 1. The van der Waals surface area contributed by atoms with E-state index in [-0.39, 0.29) is 30.8 Å². The van der Waals surface area contributed by atoms with E-state index in [1.807, 2.05) is 0 Å².